The zero-order valence-corrected chi connectivity index (χ0v) is 16.4. The maximum atomic E-state index is 11.6. The second-order valence-electron chi connectivity index (χ2n) is 5.98. The number of aromatic nitrogens is 2. The van der Waals surface area contributed by atoms with E-state index in [1.54, 1.807) is 13.0 Å². The predicted molar refractivity (Wildman–Crippen MR) is 98.9 cm³/mol. The molecule has 0 radical (unpaired) electrons. The van der Waals surface area contributed by atoms with Crippen molar-refractivity contribution in [1.29, 1.82) is 0 Å². The Bertz CT molecular complexity index is 947. The molecule has 0 aliphatic carbocycles. The van der Waals surface area contributed by atoms with Gasteiger partial charge in [0, 0.05) is 0 Å². The van der Waals surface area contributed by atoms with Crippen molar-refractivity contribution in [3.63, 3.8) is 0 Å². The van der Waals surface area contributed by atoms with Crippen molar-refractivity contribution < 1.29 is 23.1 Å². The Morgan fingerprint density at radius 3 is 2.74 bits per heavy atom. The van der Waals surface area contributed by atoms with Crippen LogP contribution in [0, 0.1) is 20.8 Å². The van der Waals surface area contributed by atoms with Crippen molar-refractivity contribution in [3.05, 3.63) is 58.4 Å². The van der Waals surface area contributed by atoms with Gasteiger partial charge in [0.2, 0.25) is 0 Å². The Morgan fingerprint density at radius 1 is 1.15 bits per heavy atom. The fraction of sp³-hybridized carbons (Fsp3) is 0.316. The number of ether oxygens (including phenoxy) is 2. The third-order valence-electron chi connectivity index (χ3n) is 3.86. The van der Waals surface area contributed by atoms with Gasteiger partial charge < -0.3 is 18.3 Å². The molecule has 1 aromatic carbocycles. The van der Waals surface area contributed by atoms with Gasteiger partial charge in [-0.25, -0.2) is 4.79 Å². The van der Waals surface area contributed by atoms with Gasteiger partial charge in [-0.2, -0.15) is 0 Å². The summed E-state index contributed by atoms with van der Waals surface area (Å²) in [6.45, 7) is 5.91. The van der Waals surface area contributed by atoms with E-state index in [2.05, 4.69) is 10.2 Å². The van der Waals surface area contributed by atoms with Crippen LogP contribution in [0.5, 0.6) is 5.75 Å². The number of aryl methyl sites for hydroxylation is 3. The number of thioether (sulfide) groups is 1. The van der Waals surface area contributed by atoms with Gasteiger partial charge in [-0.15, -0.1) is 10.2 Å². The SMILES string of the molecule is COC(=O)c1cc(CSc2nnc(COc3cc(C)ccc3C)o2)oc1C. The van der Waals surface area contributed by atoms with Crippen LogP contribution in [0.2, 0.25) is 0 Å². The highest BCUT2D eigenvalue weighted by molar-refractivity contribution is 7.98. The highest BCUT2D eigenvalue weighted by Gasteiger charge is 2.16. The molecule has 27 heavy (non-hydrogen) atoms. The largest absolute Gasteiger partial charge is 0.484 e. The van der Waals surface area contributed by atoms with E-state index in [1.807, 2.05) is 32.0 Å². The molecule has 0 fully saturated rings. The summed E-state index contributed by atoms with van der Waals surface area (Å²) < 4.78 is 21.6. The molecule has 0 amide bonds. The van der Waals surface area contributed by atoms with Gasteiger partial charge in [-0.3, -0.25) is 0 Å². The monoisotopic (exact) mass is 388 g/mol. The lowest BCUT2D eigenvalue weighted by atomic mass is 10.1. The lowest BCUT2D eigenvalue weighted by Gasteiger charge is -2.07. The molecular formula is C19H20N2O5S. The second-order valence-corrected chi connectivity index (χ2v) is 6.91. The Hall–Kier alpha value is -2.74. The molecule has 0 atom stereocenters. The first-order chi connectivity index (χ1) is 13.0. The van der Waals surface area contributed by atoms with Crippen LogP contribution in [0.25, 0.3) is 0 Å². The normalized spacial score (nSPS) is 10.8. The summed E-state index contributed by atoms with van der Waals surface area (Å²) in [5.41, 5.74) is 2.59. The van der Waals surface area contributed by atoms with Crippen molar-refractivity contribution >= 4 is 17.7 Å². The Kier molecular flexibility index (Phi) is 5.85. The highest BCUT2D eigenvalue weighted by Crippen LogP contribution is 2.26. The number of hydrogen-bond acceptors (Lipinski definition) is 8. The summed E-state index contributed by atoms with van der Waals surface area (Å²) in [5, 5.41) is 8.40. The molecule has 0 saturated heterocycles. The summed E-state index contributed by atoms with van der Waals surface area (Å²) in [5.74, 6) is 2.37. The maximum Gasteiger partial charge on any atom is 0.341 e. The van der Waals surface area contributed by atoms with Gasteiger partial charge in [-0.1, -0.05) is 23.9 Å². The summed E-state index contributed by atoms with van der Waals surface area (Å²) >= 11 is 1.32. The number of esters is 1. The van der Waals surface area contributed by atoms with Crippen molar-refractivity contribution in [2.45, 2.75) is 38.4 Å². The number of methoxy groups -OCH3 is 1. The molecule has 0 aliphatic rings. The molecule has 8 heteroatoms. The number of furan rings is 1. The molecule has 7 nitrogen and oxygen atoms in total. The average Bonchev–Trinajstić information content (AvgIpc) is 3.26. The molecule has 3 aromatic rings. The molecule has 0 aliphatic heterocycles. The average molecular weight is 388 g/mol. The van der Waals surface area contributed by atoms with Crippen LogP contribution in [-0.2, 0) is 17.1 Å². The quantitative estimate of drug-likeness (QED) is 0.439. The summed E-state index contributed by atoms with van der Waals surface area (Å²) in [7, 11) is 1.34. The maximum absolute atomic E-state index is 11.6. The van der Waals surface area contributed by atoms with Gasteiger partial charge in [-0.05, 0) is 44.0 Å². The lowest BCUT2D eigenvalue weighted by Crippen LogP contribution is -2.00. The molecule has 0 bridgehead atoms. The summed E-state index contributed by atoms with van der Waals surface area (Å²) in [6, 6.07) is 7.67. The van der Waals surface area contributed by atoms with Crippen molar-refractivity contribution in [2.24, 2.45) is 0 Å². The van der Waals surface area contributed by atoms with E-state index in [4.69, 9.17) is 18.3 Å². The molecule has 0 spiro atoms. The van der Waals surface area contributed by atoms with Crippen molar-refractivity contribution in [1.82, 2.24) is 10.2 Å². The van der Waals surface area contributed by atoms with E-state index >= 15 is 0 Å². The number of hydrogen-bond donors (Lipinski definition) is 0. The van der Waals surface area contributed by atoms with E-state index in [1.165, 1.54) is 18.9 Å². The minimum absolute atomic E-state index is 0.199. The smallest absolute Gasteiger partial charge is 0.341 e. The zero-order chi connectivity index (χ0) is 19.4. The number of carbonyl (C=O) groups is 1. The Morgan fingerprint density at radius 2 is 1.96 bits per heavy atom. The van der Waals surface area contributed by atoms with Gasteiger partial charge in [0.25, 0.3) is 11.1 Å². The van der Waals surface area contributed by atoms with E-state index in [0.717, 1.165) is 16.9 Å². The van der Waals surface area contributed by atoms with Crippen LogP contribution in [0.3, 0.4) is 0 Å². The topological polar surface area (TPSA) is 87.6 Å². The number of carbonyl (C=O) groups excluding carboxylic acids is 1. The summed E-state index contributed by atoms with van der Waals surface area (Å²) in [6.07, 6.45) is 0. The van der Waals surface area contributed by atoms with E-state index in [0.29, 0.717) is 34.0 Å². The van der Waals surface area contributed by atoms with Gasteiger partial charge >= 0.3 is 5.97 Å². The zero-order valence-electron chi connectivity index (χ0n) is 15.6. The minimum Gasteiger partial charge on any atom is -0.484 e. The van der Waals surface area contributed by atoms with Crippen LogP contribution in [0.15, 0.2) is 38.3 Å². The molecule has 0 unspecified atom stereocenters. The molecule has 3 rings (SSSR count). The molecule has 2 aromatic heterocycles. The number of nitrogens with zero attached hydrogens (tertiary/aromatic N) is 2. The molecule has 0 saturated carbocycles. The molecule has 2 heterocycles. The van der Waals surface area contributed by atoms with Gasteiger partial charge in [0.15, 0.2) is 6.61 Å². The third-order valence-corrected chi connectivity index (χ3v) is 4.70. The standard InChI is InChI=1S/C19H20N2O5S/c1-11-5-6-12(2)16(7-11)24-9-17-20-21-19(26-17)27-10-14-8-15(13(3)25-14)18(22)23-4/h5-8H,9-10H2,1-4H3. The molecule has 0 N–H and O–H groups in total. The fourth-order valence-electron chi connectivity index (χ4n) is 2.42. The Labute approximate surface area is 161 Å². The Balaban J connectivity index is 1.57. The van der Waals surface area contributed by atoms with Gasteiger partial charge in [0.1, 0.15) is 22.8 Å². The van der Waals surface area contributed by atoms with Crippen LogP contribution >= 0.6 is 11.8 Å². The van der Waals surface area contributed by atoms with E-state index in [9.17, 15) is 4.79 Å². The van der Waals surface area contributed by atoms with Crippen LogP contribution in [0.1, 0.15) is 38.9 Å². The second kappa shape index (κ2) is 8.30. The van der Waals surface area contributed by atoms with Crippen molar-refractivity contribution in [3.8, 4) is 5.75 Å². The minimum atomic E-state index is -0.420. The van der Waals surface area contributed by atoms with Crippen LogP contribution in [-0.4, -0.2) is 23.3 Å². The van der Waals surface area contributed by atoms with Gasteiger partial charge in [0.05, 0.1) is 12.9 Å². The van der Waals surface area contributed by atoms with E-state index < -0.39 is 5.97 Å². The van der Waals surface area contributed by atoms with E-state index in [-0.39, 0.29) is 6.61 Å². The number of benzene rings is 1. The first-order valence-corrected chi connectivity index (χ1v) is 9.27. The third kappa shape index (κ3) is 4.71. The molecular weight excluding hydrogens is 368 g/mol. The highest BCUT2D eigenvalue weighted by atomic mass is 32.2. The lowest BCUT2D eigenvalue weighted by molar-refractivity contribution is 0.0599. The first kappa shape index (κ1) is 19.0. The van der Waals surface area contributed by atoms with Crippen molar-refractivity contribution in [2.75, 3.05) is 7.11 Å². The van der Waals surface area contributed by atoms with Crippen LogP contribution < -0.4 is 4.74 Å². The molecule has 142 valence electrons. The first-order valence-electron chi connectivity index (χ1n) is 8.29. The van der Waals surface area contributed by atoms with Crippen LogP contribution in [0.4, 0.5) is 0 Å². The summed E-state index contributed by atoms with van der Waals surface area (Å²) in [4.78, 5) is 11.6. The fourth-order valence-corrected chi connectivity index (χ4v) is 3.08. The number of rotatable bonds is 7. The predicted octanol–water partition coefficient (Wildman–Crippen LogP) is 4.25.